The summed E-state index contributed by atoms with van der Waals surface area (Å²) in [6, 6.07) is 2.40. The Morgan fingerprint density at radius 3 is 2.77 bits per heavy atom. The number of piperidine rings is 1. The molecule has 1 unspecified atom stereocenters. The number of hydrogen-bond acceptors (Lipinski definition) is 5. The van der Waals surface area contributed by atoms with Gasteiger partial charge in [0.25, 0.3) is 0 Å². The van der Waals surface area contributed by atoms with E-state index in [2.05, 4.69) is 22.1 Å². The minimum Gasteiger partial charge on any atom is -0.333 e. The second kappa shape index (κ2) is 6.94. The summed E-state index contributed by atoms with van der Waals surface area (Å²) >= 11 is 2.89. The van der Waals surface area contributed by atoms with Crippen LogP contribution < -0.4 is 10.2 Å². The summed E-state index contributed by atoms with van der Waals surface area (Å²) in [5.74, 6) is 0.0691. The number of aryl methyl sites for hydroxylation is 1. The van der Waals surface area contributed by atoms with E-state index in [0.29, 0.717) is 18.0 Å². The molecule has 0 bridgehead atoms. The lowest BCUT2D eigenvalue weighted by atomic mass is 9.93. The molecule has 0 radical (unpaired) electrons. The van der Waals surface area contributed by atoms with Crippen molar-refractivity contribution in [2.75, 3.05) is 13.1 Å². The van der Waals surface area contributed by atoms with E-state index < -0.39 is 0 Å². The van der Waals surface area contributed by atoms with Gasteiger partial charge in [-0.25, -0.2) is 0 Å². The molecule has 26 heavy (non-hydrogen) atoms. The van der Waals surface area contributed by atoms with Crippen LogP contribution in [0, 0.1) is 19.3 Å². The van der Waals surface area contributed by atoms with Gasteiger partial charge < -0.3 is 10.2 Å². The Balaban J connectivity index is 1.56. The molecule has 2 aromatic rings. The highest BCUT2D eigenvalue weighted by Gasteiger charge is 2.57. The summed E-state index contributed by atoms with van der Waals surface area (Å²) in [6.45, 7) is 6.76. The first-order chi connectivity index (χ1) is 12.5. The van der Waals surface area contributed by atoms with E-state index in [9.17, 15) is 9.59 Å². The maximum atomic E-state index is 13.2. The molecule has 2 aliphatic rings. The molecule has 1 N–H and O–H groups in total. The van der Waals surface area contributed by atoms with E-state index >= 15 is 0 Å². The fraction of sp³-hybridized carbons (Fsp3) is 0.579. The highest BCUT2D eigenvalue weighted by Crippen LogP contribution is 2.56. The first-order valence-electron chi connectivity index (χ1n) is 9.18. The molecule has 1 aliphatic carbocycles. The summed E-state index contributed by atoms with van der Waals surface area (Å²) < 4.78 is 1.64. The van der Waals surface area contributed by atoms with Gasteiger partial charge >= 0.3 is 4.87 Å². The summed E-state index contributed by atoms with van der Waals surface area (Å²) in [5.41, 5.74) is 2.39. The summed E-state index contributed by atoms with van der Waals surface area (Å²) in [4.78, 5) is 28.4. The molecular weight excluding hydrogens is 366 g/mol. The molecular formula is C19H25N3O2S2. The van der Waals surface area contributed by atoms with E-state index in [-0.39, 0.29) is 17.3 Å². The van der Waals surface area contributed by atoms with Gasteiger partial charge in [-0.15, -0.1) is 0 Å². The first-order valence-corrected chi connectivity index (χ1v) is 10.9. The van der Waals surface area contributed by atoms with E-state index in [4.69, 9.17) is 0 Å². The van der Waals surface area contributed by atoms with Gasteiger partial charge in [-0.3, -0.25) is 14.2 Å². The normalized spacial score (nSPS) is 21.1. The molecule has 3 heterocycles. The van der Waals surface area contributed by atoms with Crippen molar-refractivity contribution in [3.8, 4) is 0 Å². The smallest absolute Gasteiger partial charge is 0.308 e. The van der Waals surface area contributed by atoms with Gasteiger partial charge in [0.1, 0.15) is 6.54 Å². The SMILES string of the molecule is Cc1sc(=O)n(CC(=O)N(Cc2ccsc2)C2CC23CCNCC3)c1C. The average Bonchev–Trinajstić information content (AvgIpc) is 2.96. The van der Waals surface area contributed by atoms with Gasteiger partial charge in [-0.1, -0.05) is 11.3 Å². The third-order valence-corrected chi connectivity index (χ3v) is 7.77. The van der Waals surface area contributed by atoms with Crippen LogP contribution in [-0.2, 0) is 17.9 Å². The van der Waals surface area contributed by atoms with E-state index in [1.54, 1.807) is 15.9 Å². The van der Waals surface area contributed by atoms with Gasteiger partial charge in [-0.05, 0) is 74.0 Å². The van der Waals surface area contributed by atoms with E-state index in [1.807, 2.05) is 18.7 Å². The zero-order valence-corrected chi connectivity index (χ0v) is 16.9. The summed E-state index contributed by atoms with van der Waals surface area (Å²) in [6.07, 6.45) is 3.38. The van der Waals surface area contributed by atoms with Crippen LogP contribution in [0.5, 0.6) is 0 Å². The lowest BCUT2D eigenvalue weighted by Gasteiger charge is -2.29. The fourth-order valence-electron chi connectivity index (χ4n) is 4.18. The van der Waals surface area contributed by atoms with Crippen LogP contribution in [0.4, 0.5) is 0 Å². The molecule has 5 nitrogen and oxygen atoms in total. The van der Waals surface area contributed by atoms with Crippen molar-refractivity contribution in [3.05, 3.63) is 42.6 Å². The third kappa shape index (κ3) is 3.28. The van der Waals surface area contributed by atoms with Crippen molar-refractivity contribution in [3.63, 3.8) is 0 Å². The van der Waals surface area contributed by atoms with Crippen molar-refractivity contribution in [1.82, 2.24) is 14.8 Å². The number of carbonyl (C=O) groups is 1. The van der Waals surface area contributed by atoms with Crippen molar-refractivity contribution >= 4 is 28.6 Å². The van der Waals surface area contributed by atoms with Crippen molar-refractivity contribution in [2.45, 2.75) is 52.2 Å². The van der Waals surface area contributed by atoms with Gasteiger partial charge in [-0.2, -0.15) is 11.3 Å². The maximum absolute atomic E-state index is 13.2. The Morgan fingerprint density at radius 2 is 2.15 bits per heavy atom. The quantitative estimate of drug-likeness (QED) is 0.853. The number of carbonyl (C=O) groups excluding carboxylic acids is 1. The molecule has 7 heteroatoms. The molecule has 1 aliphatic heterocycles. The largest absolute Gasteiger partial charge is 0.333 e. The zero-order valence-electron chi connectivity index (χ0n) is 15.3. The predicted molar refractivity (Wildman–Crippen MR) is 106 cm³/mol. The van der Waals surface area contributed by atoms with Gasteiger partial charge in [0.15, 0.2) is 0 Å². The molecule has 2 fully saturated rings. The highest BCUT2D eigenvalue weighted by molar-refractivity contribution is 7.09. The van der Waals surface area contributed by atoms with Crippen LogP contribution in [0.3, 0.4) is 0 Å². The van der Waals surface area contributed by atoms with Crippen LogP contribution >= 0.6 is 22.7 Å². The molecule has 1 atom stereocenters. The van der Waals surface area contributed by atoms with Gasteiger partial charge in [0.05, 0.1) is 0 Å². The molecule has 1 saturated carbocycles. The molecule has 2 aromatic heterocycles. The van der Waals surface area contributed by atoms with Gasteiger partial charge in [0.2, 0.25) is 5.91 Å². The third-order valence-electron chi connectivity index (χ3n) is 6.04. The predicted octanol–water partition coefficient (Wildman–Crippen LogP) is 2.76. The molecule has 0 aromatic carbocycles. The summed E-state index contributed by atoms with van der Waals surface area (Å²) in [7, 11) is 0. The minimum absolute atomic E-state index is 0.0313. The number of amides is 1. The van der Waals surface area contributed by atoms with E-state index in [1.165, 1.54) is 16.9 Å². The second-order valence-electron chi connectivity index (χ2n) is 7.58. The molecule has 140 valence electrons. The monoisotopic (exact) mass is 391 g/mol. The molecule has 1 saturated heterocycles. The Morgan fingerprint density at radius 1 is 1.38 bits per heavy atom. The number of rotatable bonds is 5. The Hall–Kier alpha value is -1.44. The second-order valence-corrected chi connectivity index (χ2v) is 9.53. The van der Waals surface area contributed by atoms with Crippen LogP contribution in [0.1, 0.15) is 35.4 Å². The topological polar surface area (TPSA) is 54.3 Å². The average molecular weight is 392 g/mol. The Labute approximate surface area is 161 Å². The number of hydrogen-bond donors (Lipinski definition) is 1. The van der Waals surface area contributed by atoms with Crippen LogP contribution in [0.2, 0.25) is 0 Å². The molecule has 4 rings (SSSR count). The van der Waals surface area contributed by atoms with Crippen LogP contribution in [-0.4, -0.2) is 34.5 Å². The lowest BCUT2D eigenvalue weighted by Crippen LogP contribution is -2.41. The van der Waals surface area contributed by atoms with E-state index in [0.717, 1.165) is 42.9 Å². The van der Waals surface area contributed by atoms with Gasteiger partial charge in [0, 0.05) is 23.2 Å². The molecule has 1 spiro atoms. The summed E-state index contributed by atoms with van der Waals surface area (Å²) in [5, 5.41) is 7.60. The lowest BCUT2D eigenvalue weighted by molar-refractivity contribution is -0.133. The highest BCUT2D eigenvalue weighted by atomic mass is 32.1. The van der Waals surface area contributed by atoms with Crippen LogP contribution in [0.15, 0.2) is 21.6 Å². The Bertz CT molecular complexity index is 847. The maximum Gasteiger partial charge on any atom is 0.308 e. The first kappa shape index (κ1) is 17.9. The number of nitrogens with zero attached hydrogens (tertiary/aromatic N) is 2. The van der Waals surface area contributed by atoms with Crippen molar-refractivity contribution in [2.24, 2.45) is 5.41 Å². The van der Waals surface area contributed by atoms with Crippen LogP contribution in [0.25, 0.3) is 0 Å². The van der Waals surface area contributed by atoms with Crippen molar-refractivity contribution < 1.29 is 4.79 Å². The standard InChI is InChI=1S/C19H25N3O2S2/c1-13-14(2)26-18(24)21(13)11-17(23)22(10-15-3-8-25-12-15)16-9-19(16)4-6-20-7-5-19/h3,8,12,16,20H,4-7,9-11H2,1-2H3. The number of aromatic nitrogens is 1. The zero-order chi connectivity index (χ0) is 18.3. The molecule has 1 amide bonds. The Kier molecular flexibility index (Phi) is 4.79. The number of thiophene rings is 1. The minimum atomic E-state index is -0.0313. The number of nitrogens with one attached hydrogen (secondary N) is 1. The van der Waals surface area contributed by atoms with Crippen molar-refractivity contribution in [1.29, 1.82) is 0 Å². The fourth-order valence-corrected chi connectivity index (χ4v) is 5.67. The number of thiazole rings is 1.